The summed E-state index contributed by atoms with van der Waals surface area (Å²) in [6.07, 6.45) is 4.43. The van der Waals surface area contributed by atoms with E-state index in [-0.39, 0.29) is 31.2 Å². The van der Waals surface area contributed by atoms with Crippen molar-refractivity contribution in [3.05, 3.63) is 42.6 Å². The van der Waals surface area contributed by atoms with Crippen LogP contribution in [-0.2, 0) is 16.0 Å². The molecule has 0 saturated carbocycles. The topological polar surface area (TPSA) is 104 Å². The fraction of sp³-hybridized carbons (Fsp3) is 0.350. The highest BCUT2D eigenvalue weighted by molar-refractivity contribution is 6.04. The van der Waals surface area contributed by atoms with Gasteiger partial charge in [-0.3, -0.25) is 14.5 Å². The number of imide groups is 1. The Labute approximate surface area is 162 Å². The highest BCUT2D eigenvalue weighted by atomic mass is 16.5. The first-order valence-corrected chi connectivity index (χ1v) is 9.17. The normalized spacial score (nSPS) is 16.3. The van der Waals surface area contributed by atoms with Gasteiger partial charge in [-0.2, -0.15) is 0 Å². The first-order chi connectivity index (χ1) is 13.5. The third kappa shape index (κ3) is 4.16. The second-order valence-corrected chi connectivity index (χ2v) is 6.60. The van der Waals surface area contributed by atoms with Crippen LogP contribution in [0.3, 0.4) is 0 Å². The maximum absolute atomic E-state index is 12.5. The van der Waals surface area contributed by atoms with Gasteiger partial charge in [0, 0.05) is 36.6 Å². The molecule has 1 saturated heterocycles. The molecule has 0 unspecified atom stereocenters. The van der Waals surface area contributed by atoms with E-state index in [0.29, 0.717) is 13.0 Å². The van der Waals surface area contributed by atoms with Crippen molar-refractivity contribution in [1.82, 2.24) is 20.5 Å². The van der Waals surface area contributed by atoms with E-state index >= 15 is 0 Å². The lowest BCUT2D eigenvalue weighted by Crippen LogP contribution is -2.34. The van der Waals surface area contributed by atoms with E-state index < -0.39 is 12.1 Å². The molecule has 8 nitrogen and oxygen atoms in total. The number of ether oxygens (including phenoxy) is 1. The van der Waals surface area contributed by atoms with Crippen LogP contribution in [0.15, 0.2) is 37.1 Å². The fourth-order valence-electron chi connectivity index (χ4n) is 3.26. The maximum atomic E-state index is 12.5. The van der Waals surface area contributed by atoms with Gasteiger partial charge in [-0.05, 0) is 36.6 Å². The Hall–Kier alpha value is -3.29. The molecule has 1 aromatic carbocycles. The van der Waals surface area contributed by atoms with Crippen molar-refractivity contribution in [2.75, 3.05) is 20.2 Å². The van der Waals surface area contributed by atoms with Crippen molar-refractivity contribution < 1.29 is 19.1 Å². The average molecular weight is 384 g/mol. The van der Waals surface area contributed by atoms with Gasteiger partial charge >= 0.3 is 6.03 Å². The van der Waals surface area contributed by atoms with Gasteiger partial charge in [-0.25, -0.2) is 4.79 Å². The Bertz CT molecular complexity index is 905. The number of nitrogens with one attached hydrogen (secondary N) is 3. The molecule has 1 aromatic heterocycles. The minimum atomic E-state index is -0.662. The molecule has 148 valence electrons. The van der Waals surface area contributed by atoms with E-state index in [0.717, 1.165) is 22.2 Å². The summed E-state index contributed by atoms with van der Waals surface area (Å²) in [5.74, 6) is 0.283. The maximum Gasteiger partial charge on any atom is 0.324 e. The number of fused-ring (bicyclic) bond motifs is 1. The largest absolute Gasteiger partial charge is 0.497 e. The molecular formula is C20H24N4O4. The Balaban J connectivity index is 1.59. The van der Waals surface area contributed by atoms with E-state index in [1.807, 2.05) is 24.4 Å². The summed E-state index contributed by atoms with van der Waals surface area (Å²) in [6.45, 7) is 4.18. The van der Waals surface area contributed by atoms with Crippen LogP contribution in [-0.4, -0.2) is 54.0 Å². The molecule has 1 fully saturated rings. The van der Waals surface area contributed by atoms with Crippen molar-refractivity contribution in [2.45, 2.75) is 25.3 Å². The zero-order valence-electron chi connectivity index (χ0n) is 15.8. The Morgan fingerprint density at radius 2 is 2.21 bits per heavy atom. The predicted molar refractivity (Wildman–Crippen MR) is 105 cm³/mol. The summed E-state index contributed by atoms with van der Waals surface area (Å²) in [7, 11) is 1.61. The van der Waals surface area contributed by atoms with Gasteiger partial charge < -0.3 is 20.4 Å². The number of urea groups is 1. The van der Waals surface area contributed by atoms with Crippen LogP contribution in [0.4, 0.5) is 4.79 Å². The van der Waals surface area contributed by atoms with Gasteiger partial charge in [0.25, 0.3) is 5.91 Å². The first kappa shape index (κ1) is 19.5. The number of benzene rings is 1. The van der Waals surface area contributed by atoms with Crippen LogP contribution in [0.25, 0.3) is 10.9 Å². The summed E-state index contributed by atoms with van der Waals surface area (Å²) in [6, 6.07) is 4.65. The van der Waals surface area contributed by atoms with E-state index in [9.17, 15) is 14.4 Å². The number of methoxy groups -OCH3 is 1. The van der Waals surface area contributed by atoms with E-state index in [1.165, 1.54) is 4.90 Å². The molecule has 3 rings (SSSR count). The molecule has 4 amide bonds. The lowest BCUT2D eigenvalue weighted by Gasteiger charge is -2.12. The molecule has 1 aliphatic rings. The van der Waals surface area contributed by atoms with E-state index in [1.54, 1.807) is 13.2 Å². The third-order valence-corrected chi connectivity index (χ3v) is 4.79. The molecular weight excluding hydrogens is 360 g/mol. The number of carbonyl (C=O) groups excluding carboxylic acids is 3. The van der Waals surface area contributed by atoms with Crippen LogP contribution in [0.2, 0.25) is 0 Å². The molecule has 3 N–H and O–H groups in total. The molecule has 2 heterocycles. The summed E-state index contributed by atoms with van der Waals surface area (Å²) >= 11 is 0. The van der Waals surface area contributed by atoms with Gasteiger partial charge in [-0.1, -0.05) is 6.08 Å². The first-order valence-electron chi connectivity index (χ1n) is 9.17. The number of hydrogen-bond acceptors (Lipinski definition) is 4. The lowest BCUT2D eigenvalue weighted by molar-refractivity contribution is -0.127. The minimum Gasteiger partial charge on any atom is -0.497 e. The van der Waals surface area contributed by atoms with Gasteiger partial charge in [0.15, 0.2) is 0 Å². The number of nitrogens with zero attached hydrogens (tertiary/aromatic N) is 1. The van der Waals surface area contributed by atoms with Crippen LogP contribution >= 0.6 is 0 Å². The molecule has 0 aliphatic carbocycles. The van der Waals surface area contributed by atoms with Crippen LogP contribution in [0.5, 0.6) is 5.75 Å². The molecule has 1 aliphatic heterocycles. The molecule has 1 atom stereocenters. The molecule has 0 bridgehead atoms. The lowest BCUT2D eigenvalue weighted by atomic mass is 10.1. The summed E-state index contributed by atoms with van der Waals surface area (Å²) in [5, 5.41) is 6.32. The smallest absolute Gasteiger partial charge is 0.324 e. The van der Waals surface area contributed by atoms with E-state index in [4.69, 9.17) is 4.74 Å². The Morgan fingerprint density at radius 3 is 2.96 bits per heavy atom. The second kappa shape index (κ2) is 8.60. The highest BCUT2D eigenvalue weighted by Crippen LogP contribution is 2.24. The third-order valence-electron chi connectivity index (χ3n) is 4.79. The zero-order chi connectivity index (χ0) is 20.1. The fourth-order valence-corrected chi connectivity index (χ4v) is 3.26. The van der Waals surface area contributed by atoms with Gasteiger partial charge in [0.05, 0.1) is 7.11 Å². The number of aromatic amines is 1. The average Bonchev–Trinajstić information content (AvgIpc) is 3.22. The summed E-state index contributed by atoms with van der Waals surface area (Å²) in [5.41, 5.74) is 1.97. The van der Waals surface area contributed by atoms with Gasteiger partial charge in [-0.15, -0.1) is 6.58 Å². The monoisotopic (exact) mass is 384 g/mol. The number of amides is 4. The zero-order valence-corrected chi connectivity index (χ0v) is 15.8. The number of hydrogen-bond donors (Lipinski definition) is 3. The number of rotatable bonds is 9. The summed E-state index contributed by atoms with van der Waals surface area (Å²) < 4.78 is 5.26. The van der Waals surface area contributed by atoms with Crippen LogP contribution in [0, 0.1) is 0 Å². The highest BCUT2D eigenvalue weighted by Gasteiger charge is 2.37. The number of H-pyrrole nitrogens is 1. The number of carbonyl (C=O) groups is 3. The van der Waals surface area contributed by atoms with Crippen molar-refractivity contribution in [3.63, 3.8) is 0 Å². The Morgan fingerprint density at radius 1 is 1.39 bits per heavy atom. The molecule has 0 spiro atoms. The van der Waals surface area contributed by atoms with Crippen molar-refractivity contribution in [2.24, 2.45) is 0 Å². The van der Waals surface area contributed by atoms with Crippen LogP contribution < -0.4 is 15.4 Å². The molecule has 0 radical (unpaired) electrons. The molecule has 8 heteroatoms. The van der Waals surface area contributed by atoms with Crippen molar-refractivity contribution >= 4 is 28.7 Å². The SMILES string of the molecule is C=CCNC(=O)CC[C@H]1NC(=O)N(CCc2c[nH]c3ccc(OC)cc23)C1=O. The van der Waals surface area contributed by atoms with Crippen molar-refractivity contribution in [1.29, 1.82) is 0 Å². The summed E-state index contributed by atoms with van der Waals surface area (Å²) in [4.78, 5) is 40.8. The Kier molecular flexibility index (Phi) is 5.98. The predicted octanol–water partition coefficient (Wildman–Crippen LogP) is 1.72. The van der Waals surface area contributed by atoms with Gasteiger partial charge in [0.1, 0.15) is 11.8 Å². The molecule has 2 aromatic rings. The quantitative estimate of drug-likeness (QED) is 0.452. The van der Waals surface area contributed by atoms with E-state index in [2.05, 4.69) is 22.2 Å². The van der Waals surface area contributed by atoms with Gasteiger partial charge in [0.2, 0.25) is 5.91 Å². The minimum absolute atomic E-state index is 0.167. The molecule has 28 heavy (non-hydrogen) atoms. The van der Waals surface area contributed by atoms with Crippen molar-refractivity contribution in [3.8, 4) is 5.75 Å². The van der Waals surface area contributed by atoms with Crippen LogP contribution in [0.1, 0.15) is 18.4 Å². The standard InChI is InChI=1S/C20H24N4O4/c1-3-9-21-18(25)7-6-17-19(26)24(20(27)23-17)10-8-13-12-22-16-5-4-14(28-2)11-15(13)16/h3-5,11-12,17,22H,1,6-10H2,2H3,(H,21,25)(H,23,27)/t17-/m1/s1. The second-order valence-electron chi connectivity index (χ2n) is 6.60. The number of aromatic nitrogens is 1.